The predicted octanol–water partition coefficient (Wildman–Crippen LogP) is -0.167. The minimum absolute atomic E-state index is 0.0597. The smallest absolute Gasteiger partial charge is 0.0607 e. The number of nitrogens with one attached hydrogen (secondary N) is 1. The second-order valence-corrected chi connectivity index (χ2v) is 3.19. The van der Waals surface area contributed by atoms with Crippen molar-refractivity contribution in [1.29, 1.82) is 0 Å². The molecule has 4 heteroatoms. The highest BCUT2D eigenvalue weighted by atomic mass is 16.3. The Kier molecular flexibility index (Phi) is 4.52. The molecule has 0 spiro atoms. The van der Waals surface area contributed by atoms with Crippen LogP contribution in [0.3, 0.4) is 0 Å². The van der Waals surface area contributed by atoms with Crippen LogP contribution in [0.5, 0.6) is 0 Å². The number of pyridine rings is 1. The Labute approximate surface area is 83.6 Å². The molecule has 14 heavy (non-hydrogen) atoms. The van der Waals surface area contributed by atoms with Crippen LogP contribution in [0.15, 0.2) is 18.3 Å². The van der Waals surface area contributed by atoms with Crippen LogP contribution in [0.2, 0.25) is 0 Å². The molecule has 0 aliphatic heterocycles. The lowest BCUT2D eigenvalue weighted by atomic mass is 10.2. The molecule has 0 fully saturated rings. The van der Waals surface area contributed by atoms with Crippen molar-refractivity contribution in [3.05, 3.63) is 29.6 Å². The van der Waals surface area contributed by atoms with E-state index in [-0.39, 0.29) is 19.3 Å². The highest BCUT2D eigenvalue weighted by molar-refractivity contribution is 5.17. The van der Waals surface area contributed by atoms with Crippen molar-refractivity contribution in [2.45, 2.75) is 19.5 Å². The number of aromatic nitrogens is 1. The van der Waals surface area contributed by atoms with E-state index in [1.54, 1.807) is 6.20 Å². The topological polar surface area (TPSA) is 65.4 Å². The Hall–Kier alpha value is -0.970. The third-order valence-electron chi connectivity index (χ3n) is 2.14. The molecule has 0 aromatic carbocycles. The normalized spacial score (nSPS) is 10.9. The first-order valence-electron chi connectivity index (χ1n) is 4.63. The first-order valence-corrected chi connectivity index (χ1v) is 4.63. The van der Waals surface area contributed by atoms with Gasteiger partial charge in [0.25, 0.3) is 0 Å². The summed E-state index contributed by atoms with van der Waals surface area (Å²) >= 11 is 0. The molecule has 1 rings (SSSR count). The quantitative estimate of drug-likeness (QED) is 0.612. The number of aliphatic hydroxyl groups excluding tert-OH is 2. The molecule has 0 aliphatic rings. The molecule has 3 N–H and O–H groups in total. The lowest BCUT2D eigenvalue weighted by Crippen LogP contribution is -2.35. The van der Waals surface area contributed by atoms with E-state index in [0.717, 1.165) is 11.3 Å². The van der Waals surface area contributed by atoms with Gasteiger partial charge in [-0.15, -0.1) is 0 Å². The van der Waals surface area contributed by atoms with E-state index in [2.05, 4.69) is 10.3 Å². The molecule has 0 radical (unpaired) electrons. The third-order valence-corrected chi connectivity index (χ3v) is 2.14. The number of hydrogen-bond donors (Lipinski definition) is 3. The van der Waals surface area contributed by atoms with Gasteiger partial charge in [-0.05, 0) is 18.6 Å². The average Bonchev–Trinajstić information content (AvgIpc) is 2.22. The SMILES string of the molecule is Cc1ncccc1CNC(CO)CO. The number of nitrogens with zero attached hydrogens (tertiary/aromatic N) is 1. The monoisotopic (exact) mass is 196 g/mol. The third kappa shape index (κ3) is 3.06. The van der Waals surface area contributed by atoms with Crippen LogP contribution in [0.4, 0.5) is 0 Å². The van der Waals surface area contributed by atoms with Crippen LogP contribution in [0, 0.1) is 6.92 Å². The van der Waals surface area contributed by atoms with E-state index in [1.165, 1.54) is 0 Å². The van der Waals surface area contributed by atoms with Crippen molar-refractivity contribution < 1.29 is 10.2 Å². The summed E-state index contributed by atoms with van der Waals surface area (Å²) in [6.45, 7) is 2.43. The molecule has 1 aromatic rings. The first kappa shape index (κ1) is 11.1. The van der Waals surface area contributed by atoms with Crippen molar-refractivity contribution in [2.75, 3.05) is 13.2 Å². The van der Waals surface area contributed by atoms with Crippen molar-refractivity contribution in [3.8, 4) is 0 Å². The summed E-state index contributed by atoms with van der Waals surface area (Å²) in [5.74, 6) is 0. The largest absolute Gasteiger partial charge is 0.395 e. The van der Waals surface area contributed by atoms with Crippen molar-refractivity contribution >= 4 is 0 Å². The predicted molar refractivity (Wildman–Crippen MR) is 53.8 cm³/mol. The number of hydrogen-bond acceptors (Lipinski definition) is 4. The fraction of sp³-hybridized carbons (Fsp3) is 0.500. The van der Waals surface area contributed by atoms with Crippen LogP contribution >= 0.6 is 0 Å². The van der Waals surface area contributed by atoms with Gasteiger partial charge >= 0.3 is 0 Å². The minimum atomic E-state index is -0.255. The lowest BCUT2D eigenvalue weighted by molar-refractivity contribution is 0.170. The minimum Gasteiger partial charge on any atom is -0.395 e. The molecule has 0 saturated carbocycles. The van der Waals surface area contributed by atoms with Gasteiger partial charge in [0.1, 0.15) is 0 Å². The summed E-state index contributed by atoms with van der Waals surface area (Å²) in [4.78, 5) is 4.14. The molecule has 78 valence electrons. The van der Waals surface area contributed by atoms with Crippen molar-refractivity contribution in [2.24, 2.45) is 0 Å². The second kappa shape index (κ2) is 5.70. The van der Waals surface area contributed by atoms with Gasteiger partial charge in [-0.3, -0.25) is 4.98 Å². The summed E-state index contributed by atoms with van der Waals surface area (Å²) in [6, 6.07) is 3.59. The van der Waals surface area contributed by atoms with Gasteiger partial charge in [0.15, 0.2) is 0 Å². The van der Waals surface area contributed by atoms with Crippen LogP contribution in [-0.4, -0.2) is 34.5 Å². The zero-order chi connectivity index (χ0) is 10.4. The summed E-state index contributed by atoms with van der Waals surface area (Å²) in [7, 11) is 0. The molecule has 4 nitrogen and oxygen atoms in total. The lowest BCUT2D eigenvalue weighted by Gasteiger charge is -2.13. The highest BCUT2D eigenvalue weighted by Gasteiger charge is 2.05. The van der Waals surface area contributed by atoms with Crippen molar-refractivity contribution in [1.82, 2.24) is 10.3 Å². The van der Waals surface area contributed by atoms with E-state index in [1.807, 2.05) is 19.1 Å². The molecule has 0 aliphatic carbocycles. The summed E-state index contributed by atoms with van der Waals surface area (Å²) in [6.07, 6.45) is 1.74. The Balaban J connectivity index is 2.49. The Morgan fingerprint density at radius 2 is 2.14 bits per heavy atom. The molecule has 0 saturated heterocycles. The molecule has 1 aromatic heterocycles. The van der Waals surface area contributed by atoms with E-state index >= 15 is 0 Å². The van der Waals surface area contributed by atoms with E-state index < -0.39 is 0 Å². The summed E-state index contributed by atoms with van der Waals surface area (Å²) < 4.78 is 0. The van der Waals surface area contributed by atoms with Crippen LogP contribution in [-0.2, 0) is 6.54 Å². The second-order valence-electron chi connectivity index (χ2n) is 3.19. The Bertz CT molecular complexity index is 275. The van der Waals surface area contributed by atoms with Crippen LogP contribution in [0.1, 0.15) is 11.3 Å². The van der Waals surface area contributed by atoms with Gasteiger partial charge in [0.05, 0.1) is 19.3 Å². The fourth-order valence-electron chi connectivity index (χ4n) is 1.15. The van der Waals surface area contributed by atoms with Gasteiger partial charge in [-0.2, -0.15) is 0 Å². The number of rotatable bonds is 5. The van der Waals surface area contributed by atoms with Gasteiger partial charge < -0.3 is 15.5 Å². The summed E-state index contributed by atoms with van der Waals surface area (Å²) in [5, 5.41) is 20.7. The van der Waals surface area contributed by atoms with Crippen molar-refractivity contribution in [3.63, 3.8) is 0 Å². The maximum atomic E-state index is 8.84. The molecule has 1 heterocycles. The maximum absolute atomic E-state index is 8.84. The van der Waals surface area contributed by atoms with E-state index in [9.17, 15) is 0 Å². The zero-order valence-corrected chi connectivity index (χ0v) is 8.27. The summed E-state index contributed by atoms with van der Waals surface area (Å²) in [5.41, 5.74) is 2.05. The Morgan fingerprint density at radius 1 is 1.43 bits per heavy atom. The molecular weight excluding hydrogens is 180 g/mol. The molecule has 0 bridgehead atoms. The van der Waals surface area contributed by atoms with Crippen LogP contribution in [0.25, 0.3) is 0 Å². The van der Waals surface area contributed by atoms with Gasteiger partial charge in [0.2, 0.25) is 0 Å². The number of aryl methyl sites for hydroxylation is 1. The molecule has 0 atom stereocenters. The van der Waals surface area contributed by atoms with E-state index in [0.29, 0.717) is 6.54 Å². The van der Waals surface area contributed by atoms with Crippen LogP contribution < -0.4 is 5.32 Å². The number of aliphatic hydroxyl groups is 2. The first-order chi connectivity index (χ1) is 6.77. The van der Waals surface area contributed by atoms with Gasteiger partial charge in [0, 0.05) is 18.4 Å². The van der Waals surface area contributed by atoms with E-state index in [4.69, 9.17) is 10.2 Å². The fourth-order valence-corrected chi connectivity index (χ4v) is 1.15. The highest BCUT2D eigenvalue weighted by Crippen LogP contribution is 2.02. The standard InChI is InChI=1S/C10H16N2O2/c1-8-9(3-2-4-11-8)5-12-10(6-13)7-14/h2-4,10,12-14H,5-7H2,1H3. The molecular formula is C10H16N2O2. The zero-order valence-electron chi connectivity index (χ0n) is 8.27. The Morgan fingerprint density at radius 3 is 2.71 bits per heavy atom. The van der Waals surface area contributed by atoms with Gasteiger partial charge in [-0.1, -0.05) is 6.07 Å². The molecule has 0 amide bonds. The van der Waals surface area contributed by atoms with Gasteiger partial charge in [-0.25, -0.2) is 0 Å². The molecule has 0 unspecified atom stereocenters. The average molecular weight is 196 g/mol. The maximum Gasteiger partial charge on any atom is 0.0607 e.